The van der Waals surface area contributed by atoms with Gasteiger partial charge in [-0.25, -0.2) is 0 Å². The Morgan fingerprint density at radius 3 is 1.02 bits per heavy atom. The Balaban J connectivity index is 0.000000918. The SMILES string of the molecule is C.COc1cc(C=CN)ccc1OCc1ccccc1.COc1cc(C=C[N+](=O)[O-])ccc1OCc1ccccc1.COc1cc(C=C[N+](=O)[O-])ccc1OCc1ccccc1.[B].[H-].[Na+]. The molecule has 0 aliphatic rings. The van der Waals surface area contributed by atoms with E-state index in [9.17, 15) is 20.2 Å². The van der Waals surface area contributed by atoms with E-state index in [1.807, 2.05) is 115 Å². The molecule has 0 heterocycles. The molecule has 0 saturated carbocycles. The summed E-state index contributed by atoms with van der Waals surface area (Å²) in [6, 6.07) is 45.6. The van der Waals surface area contributed by atoms with E-state index in [1.54, 1.807) is 43.5 Å². The number of methoxy groups -OCH3 is 3. The summed E-state index contributed by atoms with van der Waals surface area (Å²) in [7, 11) is 4.69. The van der Waals surface area contributed by atoms with E-state index in [4.69, 9.17) is 34.2 Å². The first-order valence-electron chi connectivity index (χ1n) is 18.8. The van der Waals surface area contributed by atoms with Gasteiger partial charge < -0.3 is 35.6 Å². The van der Waals surface area contributed by atoms with Crippen molar-refractivity contribution in [3.05, 3.63) is 218 Å². The van der Waals surface area contributed by atoms with Crippen LogP contribution in [0.5, 0.6) is 34.5 Å². The zero-order valence-electron chi connectivity index (χ0n) is 36.6. The van der Waals surface area contributed by atoms with Crippen LogP contribution >= 0.6 is 0 Å². The van der Waals surface area contributed by atoms with Crippen LogP contribution in [0.15, 0.2) is 164 Å². The third-order valence-electron chi connectivity index (χ3n) is 8.34. The second kappa shape index (κ2) is 30.9. The minimum absolute atomic E-state index is 0. The molecule has 0 amide bonds. The van der Waals surface area contributed by atoms with Crippen molar-refractivity contribution in [2.24, 2.45) is 5.73 Å². The molecule has 0 aliphatic carbocycles. The molecule has 6 aromatic rings. The van der Waals surface area contributed by atoms with Crippen LogP contribution < -0.4 is 63.7 Å². The Kier molecular flexibility index (Phi) is 26.6. The summed E-state index contributed by atoms with van der Waals surface area (Å²) in [5, 5.41) is 20.6. The predicted molar refractivity (Wildman–Crippen MR) is 250 cm³/mol. The molecule has 13 nitrogen and oxygen atoms in total. The zero-order chi connectivity index (χ0) is 43.7. The average molecular weight is 877 g/mol. The van der Waals surface area contributed by atoms with Crippen LogP contribution in [0.2, 0.25) is 0 Å². The van der Waals surface area contributed by atoms with Gasteiger partial charge in [0.1, 0.15) is 19.8 Å². The van der Waals surface area contributed by atoms with Crippen molar-refractivity contribution >= 4 is 26.6 Å². The van der Waals surface area contributed by atoms with Crippen molar-refractivity contribution in [3.8, 4) is 34.5 Å². The Hall–Kier alpha value is -7.00. The first kappa shape index (κ1) is 55.0. The van der Waals surface area contributed by atoms with Crippen LogP contribution in [0.25, 0.3) is 18.2 Å². The van der Waals surface area contributed by atoms with Gasteiger partial charge in [-0.1, -0.05) is 117 Å². The smallest absolute Gasteiger partial charge is 1.00 e. The van der Waals surface area contributed by atoms with Crippen molar-refractivity contribution in [1.82, 2.24) is 0 Å². The monoisotopic (exact) mass is 876 g/mol. The summed E-state index contributed by atoms with van der Waals surface area (Å²) in [5.41, 5.74) is 10.9. The van der Waals surface area contributed by atoms with Crippen molar-refractivity contribution in [2.75, 3.05) is 21.3 Å². The van der Waals surface area contributed by atoms with E-state index >= 15 is 0 Å². The minimum atomic E-state index is -0.508. The first-order valence-corrected chi connectivity index (χ1v) is 18.8. The summed E-state index contributed by atoms with van der Waals surface area (Å²) >= 11 is 0. The first-order chi connectivity index (χ1) is 29.7. The molecule has 6 rings (SSSR count). The fraction of sp³-hybridized carbons (Fsp3) is 0.143. The van der Waals surface area contributed by atoms with E-state index in [1.165, 1.54) is 32.6 Å². The number of nitro groups is 2. The Bertz CT molecular complexity index is 2260. The van der Waals surface area contributed by atoms with E-state index in [2.05, 4.69) is 0 Å². The number of nitrogens with zero attached hydrogens (tertiary/aromatic N) is 2. The largest absolute Gasteiger partial charge is 1.00 e. The standard InChI is InChI=1S/2C16H15NO4.C16H17NO2.CH4.B.Na.H/c2*1-20-16-11-13(9-10-17(18)19)7-8-15(16)21-12-14-5-3-2-4-6-14;1-18-16-11-13(9-10-17)7-8-15(16)19-12-14-5-3-2-4-6-14;;;;/h2*2-11H,12H2,1H3;2-11H,12,17H2,1H3;1H4;;;/q;;;;;+1;-1. The van der Waals surface area contributed by atoms with Crippen LogP contribution in [0.3, 0.4) is 0 Å². The average Bonchev–Trinajstić information content (AvgIpc) is 3.30. The maximum Gasteiger partial charge on any atom is 1.00 e. The molecule has 0 saturated heterocycles. The topological polar surface area (TPSA) is 168 Å². The third kappa shape index (κ3) is 19.8. The van der Waals surface area contributed by atoms with Crippen molar-refractivity contribution in [3.63, 3.8) is 0 Å². The predicted octanol–water partition coefficient (Wildman–Crippen LogP) is 7.62. The number of hydrogen-bond acceptors (Lipinski definition) is 11. The molecule has 0 aliphatic heterocycles. The summed E-state index contributed by atoms with van der Waals surface area (Å²) in [6.07, 6.45) is 7.90. The number of hydrogen-bond donors (Lipinski definition) is 1. The molecular weight excluding hydrogens is 824 g/mol. The maximum atomic E-state index is 10.3. The summed E-state index contributed by atoms with van der Waals surface area (Å²) < 4.78 is 33.0. The molecule has 0 atom stereocenters. The van der Waals surface area contributed by atoms with Gasteiger partial charge in [0.25, 0.3) is 0 Å². The molecule has 0 aromatic heterocycles. The minimum Gasteiger partial charge on any atom is -1.00 e. The molecule has 15 heteroatoms. The van der Waals surface area contributed by atoms with Crippen molar-refractivity contribution in [2.45, 2.75) is 27.2 Å². The molecule has 3 radical (unpaired) electrons. The van der Waals surface area contributed by atoms with Gasteiger partial charge in [0.05, 0.1) is 31.2 Å². The van der Waals surface area contributed by atoms with Gasteiger partial charge in [-0.2, -0.15) is 0 Å². The molecule has 2 N–H and O–H groups in total. The van der Waals surface area contributed by atoms with Crippen LogP contribution in [0, 0.1) is 20.2 Å². The Morgan fingerprint density at radius 2 is 0.766 bits per heavy atom. The van der Waals surface area contributed by atoms with Gasteiger partial charge in [-0.3, -0.25) is 20.2 Å². The van der Waals surface area contributed by atoms with Crippen molar-refractivity contribution in [1.29, 1.82) is 0 Å². The summed E-state index contributed by atoms with van der Waals surface area (Å²) in [6.45, 7) is 1.38. The zero-order valence-corrected chi connectivity index (χ0v) is 37.6. The molecule has 6 aromatic carbocycles. The molecule has 0 bridgehead atoms. The van der Waals surface area contributed by atoms with Gasteiger partial charge in [0.2, 0.25) is 12.4 Å². The van der Waals surface area contributed by atoms with E-state index in [0.29, 0.717) is 59.7 Å². The van der Waals surface area contributed by atoms with Crippen LogP contribution in [-0.4, -0.2) is 39.6 Å². The van der Waals surface area contributed by atoms with Gasteiger partial charge in [-0.05, 0) is 82.1 Å². The summed E-state index contributed by atoms with van der Waals surface area (Å²) in [4.78, 5) is 19.6. The number of ether oxygens (including phenoxy) is 6. The fourth-order valence-corrected chi connectivity index (χ4v) is 5.33. The Morgan fingerprint density at radius 1 is 0.484 bits per heavy atom. The van der Waals surface area contributed by atoms with Gasteiger partial charge in [0, 0.05) is 20.6 Å². The fourth-order valence-electron chi connectivity index (χ4n) is 5.33. The van der Waals surface area contributed by atoms with Gasteiger partial charge >= 0.3 is 29.6 Å². The number of rotatable bonds is 17. The van der Waals surface area contributed by atoms with E-state index in [-0.39, 0.29) is 46.8 Å². The second-order valence-corrected chi connectivity index (χ2v) is 12.6. The molecule has 0 spiro atoms. The van der Waals surface area contributed by atoms with Gasteiger partial charge in [-0.15, -0.1) is 0 Å². The summed E-state index contributed by atoms with van der Waals surface area (Å²) in [5.74, 6) is 3.69. The van der Waals surface area contributed by atoms with Crippen LogP contribution in [0.4, 0.5) is 0 Å². The van der Waals surface area contributed by atoms with E-state index < -0.39 is 9.85 Å². The second-order valence-electron chi connectivity index (χ2n) is 12.6. The molecule has 327 valence electrons. The Labute approximate surface area is 400 Å². The maximum absolute atomic E-state index is 10.3. The van der Waals surface area contributed by atoms with Gasteiger partial charge in [0.15, 0.2) is 34.5 Å². The quantitative estimate of drug-likeness (QED) is 0.0544. The number of benzene rings is 6. The number of nitrogens with two attached hydrogens (primary N) is 1. The van der Waals surface area contributed by atoms with E-state index in [0.717, 1.165) is 40.4 Å². The molecule has 64 heavy (non-hydrogen) atoms. The molecule has 0 fully saturated rings. The van der Waals surface area contributed by atoms with Crippen LogP contribution in [0.1, 0.15) is 42.2 Å². The molecular formula is C49H52BN3NaO10. The third-order valence-corrected chi connectivity index (χ3v) is 8.34. The van der Waals surface area contributed by atoms with Crippen LogP contribution in [-0.2, 0) is 19.8 Å². The van der Waals surface area contributed by atoms with Crippen molar-refractivity contribution < 1.29 is 69.3 Å². The molecule has 0 unspecified atom stereocenters. The normalized spacial score (nSPS) is 10.0.